The van der Waals surface area contributed by atoms with E-state index in [1.54, 1.807) is 38.1 Å². The van der Waals surface area contributed by atoms with E-state index in [2.05, 4.69) is 58.9 Å². The molecule has 2 aliphatic heterocycles. The smallest absolute Gasteiger partial charge is 0.870 e. The van der Waals surface area contributed by atoms with Gasteiger partial charge in [-0.25, -0.2) is 0 Å². The summed E-state index contributed by atoms with van der Waals surface area (Å²) in [5.74, 6) is 0. The van der Waals surface area contributed by atoms with Gasteiger partial charge >= 0.3 is 51.4 Å². The predicted octanol–water partition coefficient (Wildman–Crippen LogP) is 3.67. The predicted molar refractivity (Wildman–Crippen MR) is 271 cm³/mol. The summed E-state index contributed by atoms with van der Waals surface area (Å²) in [7, 11) is 0. The van der Waals surface area contributed by atoms with Crippen molar-refractivity contribution in [2.24, 2.45) is 0 Å². The second-order valence-corrected chi connectivity index (χ2v) is 18.1. The van der Waals surface area contributed by atoms with Crippen LogP contribution in [0.4, 0.5) is 0 Å². The minimum atomic E-state index is -1.18. The Morgan fingerprint density at radius 3 is 0.861 bits per heavy atom. The molecule has 0 radical (unpaired) electrons. The molecule has 4 rings (SSSR count). The van der Waals surface area contributed by atoms with Crippen molar-refractivity contribution in [3.63, 3.8) is 0 Å². The second kappa shape index (κ2) is 44.4. The molecule has 0 amide bonds. The molecule has 0 spiro atoms. The van der Waals surface area contributed by atoms with Crippen molar-refractivity contribution in [1.29, 1.82) is 0 Å². The van der Waals surface area contributed by atoms with E-state index in [9.17, 15) is 10.2 Å². The van der Waals surface area contributed by atoms with Crippen molar-refractivity contribution in [2.75, 3.05) is 165 Å². The third-order valence-corrected chi connectivity index (χ3v) is 11.3. The van der Waals surface area contributed by atoms with Crippen molar-refractivity contribution in [3.8, 4) is 0 Å². The number of benzene rings is 2. The molecule has 4 N–H and O–H groups in total. The molecule has 0 bridgehead atoms. The van der Waals surface area contributed by atoms with Gasteiger partial charge in [0.25, 0.3) is 0 Å². The molecule has 2 aliphatic rings. The number of hydrogen-bond donors (Lipinski definition) is 3. The number of ether oxygens (including phenoxy) is 13. The number of aliphatic hydroxyl groups is 3. The van der Waals surface area contributed by atoms with Gasteiger partial charge in [-0.05, 0) is 69.2 Å². The van der Waals surface area contributed by atoms with E-state index < -0.39 is 11.2 Å². The normalized spacial score (nSPS) is 18.3. The Morgan fingerprint density at radius 2 is 0.639 bits per heavy atom. The van der Waals surface area contributed by atoms with Crippen LogP contribution in [0.5, 0.6) is 0 Å². The summed E-state index contributed by atoms with van der Waals surface area (Å²) in [6.07, 6.45) is 6.68. The summed E-state index contributed by atoms with van der Waals surface area (Å²) >= 11 is 0. The molecule has 2 heterocycles. The van der Waals surface area contributed by atoms with Gasteiger partial charge < -0.3 is 82.4 Å². The van der Waals surface area contributed by atoms with Gasteiger partial charge in [0.05, 0.1) is 145 Å². The van der Waals surface area contributed by atoms with Gasteiger partial charge in [0.1, 0.15) is 22.4 Å². The van der Waals surface area contributed by atoms with Gasteiger partial charge in [-0.15, -0.1) is 0 Å². The Hall–Kier alpha value is -0.604. The van der Waals surface area contributed by atoms with Gasteiger partial charge in [-0.3, -0.25) is 0 Å². The molecule has 18 heteroatoms. The van der Waals surface area contributed by atoms with Crippen molar-refractivity contribution < 1.29 is 134 Å². The first kappa shape index (κ1) is 71.4. The first-order valence-corrected chi connectivity index (χ1v) is 25.8. The van der Waals surface area contributed by atoms with Gasteiger partial charge in [0.2, 0.25) is 0 Å². The Morgan fingerprint density at radius 1 is 0.417 bits per heavy atom. The molecule has 17 nitrogen and oxygen atoms in total. The average molecular weight is 1060 g/mol. The van der Waals surface area contributed by atoms with Crippen molar-refractivity contribution in [1.82, 2.24) is 0 Å². The number of epoxide rings is 2. The summed E-state index contributed by atoms with van der Waals surface area (Å²) in [6.45, 7) is 27.1. The van der Waals surface area contributed by atoms with Crippen molar-refractivity contribution in [3.05, 3.63) is 70.8 Å². The summed E-state index contributed by atoms with van der Waals surface area (Å²) in [6, 6.07) is 15.8. The third kappa shape index (κ3) is 34.9. The Kier molecular flexibility index (Phi) is 44.0. The molecular weight excluding hydrogens is 960 g/mol. The van der Waals surface area contributed by atoms with E-state index in [4.69, 9.17) is 66.7 Å². The van der Waals surface area contributed by atoms with E-state index in [1.165, 1.54) is 11.1 Å². The molecule has 414 valence electrons. The standard InChI is InChI=1S/C32H58O10.C12H14O2.C10H22O4.K.H2O/c1-5-7-13-35-15-17-37-19-21-39-23-25-41-27-31(3,33)29-9-11-30(12-10-29)32(4,34)28-42-26-24-40-22-20-38-18-16-36-14-8-6-2;1-11(7-13-11)9-3-5-10(6-4-9)12(2)8-14-12;1-2-3-5-12-7-9-14-10-8-13-6-4-11;;/h9-12,33-34H,5-8,13-28H2,1-4H3;3-6H,7-8H2,1-2H3;11H,2-10H2,1H3;;1H2/q;;;+1;/p-1. The molecule has 0 saturated carbocycles. The number of rotatable bonds is 43. The molecule has 2 fully saturated rings. The fraction of sp³-hybridized carbons (Fsp3) is 0.778. The maximum absolute atomic E-state index is 10.9. The van der Waals surface area contributed by atoms with Crippen LogP contribution in [0.15, 0.2) is 48.5 Å². The van der Waals surface area contributed by atoms with Crippen LogP contribution in [0.3, 0.4) is 0 Å². The molecule has 4 atom stereocenters. The molecule has 0 aliphatic carbocycles. The third-order valence-electron chi connectivity index (χ3n) is 11.3. The van der Waals surface area contributed by atoms with Crippen LogP contribution in [0.1, 0.15) is 109 Å². The summed E-state index contributed by atoms with van der Waals surface area (Å²) in [4.78, 5) is 0. The van der Waals surface area contributed by atoms with Crippen LogP contribution in [0, 0.1) is 0 Å². The zero-order valence-corrected chi connectivity index (χ0v) is 48.8. The van der Waals surface area contributed by atoms with E-state index in [0.717, 1.165) is 71.6 Å². The summed E-state index contributed by atoms with van der Waals surface area (Å²) in [5.41, 5.74) is 1.56. The van der Waals surface area contributed by atoms with Gasteiger partial charge in [-0.1, -0.05) is 88.6 Å². The van der Waals surface area contributed by atoms with Crippen LogP contribution in [-0.4, -0.2) is 186 Å². The Balaban J connectivity index is 0.00000135. The van der Waals surface area contributed by atoms with E-state index >= 15 is 0 Å². The zero-order chi connectivity index (χ0) is 51.1. The van der Waals surface area contributed by atoms with E-state index in [-0.39, 0.29) is 87.9 Å². The molecule has 2 aromatic carbocycles. The van der Waals surface area contributed by atoms with E-state index in [0.29, 0.717) is 123 Å². The summed E-state index contributed by atoms with van der Waals surface area (Å²) in [5, 5.41) is 30.2. The molecule has 4 unspecified atom stereocenters. The Bertz CT molecular complexity index is 1380. The Labute approximate surface area is 475 Å². The van der Waals surface area contributed by atoms with Crippen LogP contribution >= 0.6 is 0 Å². The van der Waals surface area contributed by atoms with Crippen molar-refractivity contribution >= 4 is 0 Å². The SMILES string of the molecule is CC1(c2ccc(C3(C)CO3)cc2)CO1.CCCCOCCOCCOCCO.CCCCOCCOCCOCCOCC(C)(O)c1ccc(C(C)(O)COCCOCCOCCOCCCC)cc1.[K+].[OH-]. The molecule has 2 aromatic rings. The number of hydrogen-bond acceptors (Lipinski definition) is 17. The second-order valence-electron chi connectivity index (χ2n) is 18.1. The summed E-state index contributed by atoms with van der Waals surface area (Å²) < 4.78 is 70.4. The average Bonchev–Trinajstić information content (AvgIpc) is 4.30. The van der Waals surface area contributed by atoms with E-state index in [1.807, 2.05) is 0 Å². The van der Waals surface area contributed by atoms with Gasteiger partial charge in [-0.2, -0.15) is 0 Å². The topological polar surface area (TPSA) is 217 Å². The molecular formula is C54H95KO17. The van der Waals surface area contributed by atoms with Gasteiger partial charge in [0.15, 0.2) is 0 Å². The number of unbranched alkanes of at least 4 members (excludes halogenated alkanes) is 3. The fourth-order valence-electron chi connectivity index (χ4n) is 6.29. The minimum Gasteiger partial charge on any atom is -0.870 e. The molecule has 72 heavy (non-hydrogen) atoms. The van der Waals surface area contributed by atoms with Crippen molar-refractivity contribution in [2.45, 2.75) is 109 Å². The maximum atomic E-state index is 10.9. The minimum absolute atomic E-state index is 0. The van der Waals surface area contributed by atoms with Crippen LogP contribution in [-0.2, 0) is 84.0 Å². The van der Waals surface area contributed by atoms with Crippen LogP contribution in [0.25, 0.3) is 0 Å². The monoisotopic (exact) mass is 1050 g/mol. The van der Waals surface area contributed by atoms with Crippen LogP contribution in [0.2, 0.25) is 0 Å². The number of aliphatic hydroxyl groups excluding tert-OH is 1. The first-order valence-electron chi connectivity index (χ1n) is 25.8. The largest absolute Gasteiger partial charge is 1.00 e. The van der Waals surface area contributed by atoms with Crippen LogP contribution < -0.4 is 51.4 Å². The zero-order valence-electron chi connectivity index (χ0n) is 45.6. The molecule has 0 aromatic heterocycles. The quantitative estimate of drug-likeness (QED) is 0.0491. The maximum Gasteiger partial charge on any atom is 1.00 e. The molecule has 2 saturated heterocycles. The van der Waals surface area contributed by atoms with Gasteiger partial charge in [0, 0.05) is 19.8 Å². The first-order chi connectivity index (χ1) is 33.9. The fourth-order valence-corrected chi connectivity index (χ4v) is 6.29.